The van der Waals surface area contributed by atoms with Crippen LogP contribution >= 0.6 is 0 Å². The second kappa shape index (κ2) is 3.07. The van der Waals surface area contributed by atoms with Gasteiger partial charge in [-0.05, 0) is 0 Å². The van der Waals surface area contributed by atoms with Crippen LogP contribution in [-0.4, -0.2) is 30.3 Å². The molecule has 0 saturated heterocycles. The molecule has 2 N–H and O–H groups in total. The highest BCUT2D eigenvalue weighted by molar-refractivity contribution is 5.71. The van der Waals surface area contributed by atoms with Gasteiger partial charge >= 0.3 is 0 Å². The molecule has 0 fully saturated rings. The highest BCUT2D eigenvalue weighted by Crippen LogP contribution is 1.82. The highest BCUT2D eigenvalue weighted by atomic mass is 16.3. The van der Waals surface area contributed by atoms with Crippen LogP contribution in [-0.2, 0) is 0 Å². The van der Waals surface area contributed by atoms with Gasteiger partial charge in [0, 0.05) is 20.3 Å². The summed E-state index contributed by atoms with van der Waals surface area (Å²) in [6.07, 6.45) is 2.34. The third-order valence-corrected chi connectivity index (χ3v) is 0.538. The lowest BCUT2D eigenvalue weighted by molar-refractivity contribution is 0.420. The molecule has 0 rings (SSSR count). The molecule has 8 heavy (non-hydrogen) atoms. The predicted molar refractivity (Wildman–Crippen MR) is 33.2 cm³/mol. The highest BCUT2D eigenvalue weighted by Gasteiger charge is 1.82. The summed E-state index contributed by atoms with van der Waals surface area (Å²) < 4.78 is 0. The van der Waals surface area contributed by atoms with Gasteiger partial charge in [0.2, 0.25) is 0 Å². The van der Waals surface area contributed by atoms with Crippen molar-refractivity contribution < 1.29 is 5.11 Å². The van der Waals surface area contributed by atoms with Crippen LogP contribution in [0, 0.1) is 5.41 Å². The van der Waals surface area contributed by atoms with Crippen molar-refractivity contribution in [3.63, 3.8) is 0 Å². The largest absolute Gasteiger partial charge is 0.505 e. The van der Waals surface area contributed by atoms with E-state index in [1.807, 2.05) is 0 Å². The van der Waals surface area contributed by atoms with E-state index in [9.17, 15) is 0 Å². The molecule has 0 spiro atoms. The van der Waals surface area contributed by atoms with E-state index in [4.69, 9.17) is 10.5 Å². The summed E-state index contributed by atoms with van der Waals surface area (Å²) in [7, 11) is 3.56. The van der Waals surface area contributed by atoms with Crippen LogP contribution in [0.15, 0.2) is 12.0 Å². The first-order valence-corrected chi connectivity index (χ1v) is 2.24. The van der Waals surface area contributed by atoms with E-state index in [1.165, 1.54) is 6.20 Å². The number of nitrogens with zero attached hydrogens (tertiary/aromatic N) is 1. The summed E-state index contributed by atoms with van der Waals surface area (Å²) in [5.74, 6) is -0.0324. The minimum absolute atomic E-state index is 0.0324. The second-order valence-corrected chi connectivity index (χ2v) is 1.66. The molecule has 0 atom stereocenters. The van der Waals surface area contributed by atoms with Crippen molar-refractivity contribution >= 4 is 6.21 Å². The third-order valence-electron chi connectivity index (χ3n) is 0.538. The van der Waals surface area contributed by atoms with E-state index in [-0.39, 0.29) is 5.76 Å². The first-order valence-electron chi connectivity index (χ1n) is 2.24. The smallest absolute Gasteiger partial charge is 0.148 e. The van der Waals surface area contributed by atoms with Crippen LogP contribution in [0.3, 0.4) is 0 Å². The molecule has 0 heterocycles. The second-order valence-electron chi connectivity index (χ2n) is 1.66. The maximum absolute atomic E-state index is 8.60. The van der Waals surface area contributed by atoms with Gasteiger partial charge < -0.3 is 15.4 Å². The quantitative estimate of drug-likeness (QED) is 0.408. The molecule has 0 aliphatic rings. The number of allylic oxidation sites excluding steroid dienone is 1. The van der Waals surface area contributed by atoms with Crippen LogP contribution < -0.4 is 0 Å². The van der Waals surface area contributed by atoms with Gasteiger partial charge in [-0.25, -0.2) is 0 Å². The zero-order chi connectivity index (χ0) is 6.57. The molecule has 0 radical (unpaired) electrons. The van der Waals surface area contributed by atoms with E-state index in [1.54, 1.807) is 19.0 Å². The number of rotatable bonds is 2. The third kappa shape index (κ3) is 3.21. The molecule has 0 aliphatic carbocycles. The van der Waals surface area contributed by atoms with Gasteiger partial charge in [-0.15, -0.1) is 0 Å². The Labute approximate surface area is 48.7 Å². The van der Waals surface area contributed by atoms with Gasteiger partial charge in [-0.1, -0.05) is 0 Å². The number of hydrogen-bond donors (Lipinski definition) is 2. The Bertz CT molecular complexity index is 107. The average molecular weight is 114 g/mol. The molecule has 0 aliphatic heterocycles. The normalized spacial score (nSPS) is 11.0. The van der Waals surface area contributed by atoms with Crippen molar-refractivity contribution in [1.82, 2.24) is 4.90 Å². The van der Waals surface area contributed by atoms with Gasteiger partial charge in [0.25, 0.3) is 0 Å². The Morgan fingerprint density at radius 3 is 2.25 bits per heavy atom. The van der Waals surface area contributed by atoms with Crippen molar-refractivity contribution in [3.8, 4) is 0 Å². The molecule has 0 aromatic heterocycles. The lowest BCUT2D eigenvalue weighted by Crippen LogP contribution is -2.02. The lowest BCUT2D eigenvalue weighted by atomic mass is 10.6. The molecule has 3 heteroatoms. The molecule has 0 amide bonds. The van der Waals surface area contributed by atoms with Gasteiger partial charge in [0.05, 0.1) is 6.21 Å². The minimum atomic E-state index is -0.0324. The molecule has 0 aromatic rings. The summed E-state index contributed by atoms with van der Waals surface area (Å²) in [6.45, 7) is 0. The molecule has 0 saturated carbocycles. The summed E-state index contributed by atoms with van der Waals surface area (Å²) in [6, 6.07) is 0. The lowest BCUT2D eigenvalue weighted by Gasteiger charge is -2.02. The molecular formula is C5H10N2O. The summed E-state index contributed by atoms with van der Waals surface area (Å²) in [4.78, 5) is 1.67. The fraction of sp³-hybridized carbons (Fsp3) is 0.400. The Morgan fingerprint density at radius 2 is 2.12 bits per heavy atom. The van der Waals surface area contributed by atoms with Crippen molar-refractivity contribution in [1.29, 1.82) is 5.41 Å². The van der Waals surface area contributed by atoms with E-state index in [2.05, 4.69) is 0 Å². The van der Waals surface area contributed by atoms with E-state index >= 15 is 0 Å². The molecule has 46 valence electrons. The van der Waals surface area contributed by atoms with Crippen LogP contribution in [0.25, 0.3) is 0 Å². The Balaban J connectivity index is 3.74. The monoisotopic (exact) mass is 114 g/mol. The van der Waals surface area contributed by atoms with Crippen molar-refractivity contribution in [3.05, 3.63) is 12.0 Å². The van der Waals surface area contributed by atoms with Gasteiger partial charge in [-0.3, -0.25) is 0 Å². The minimum Gasteiger partial charge on any atom is -0.505 e. The van der Waals surface area contributed by atoms with Crippen LogP contribution in [0.2, 0.25) is 0 Å². The van der Waals surface area contributed by atoms with Crippen LogP contribution in [0.1, 0.15) is 0 Å². The van der Waals surface area contributed by atoms with Crippen molar-refractivity contribution in [2.24, 2.45) is 0 Å². The first kappa shape index (κ1) is 7.01. The maximum Gasteiger partial charge on any atom is 0.148 e. The van der Waals surface area contributed by atoms with E-state index < -0.39 is 0 Å². The van der Waals surface area contributed by atoms with Crippen molar-refractivity contribution in [2.75, 3.05) is 14.1 Å². The molecule has 0 bridgehead atoms. The molecular weight excluding hydrogens is 104 g/mol. The van der Waals surface area contributed by atoms with Gasteiger partial charge in [0.15, 0.2) is 0 Å². The maximum atomic E-state index is 8.60. The SMILES string of the molecule is CN(C)/C=C(/O)C=N. The van der Waals surface area contributed by atoms with Crippen molar-refractivity contribution in [2.45, 2.75) is 0 Å². The molecule has 3 nitrogen and oxygen atoms in total. The van der Waals surface area contributed by atoms with E-state index in [0.29, 0.717) is 0 Å². The predicted octanol–water partition coefficient (Wildman–Crippen LogP) is 0.597. The topological polar surface area (TPSA) is 47.3 Å². The molecule has 0 aromatic carbocycles. The number of aliphatic hydroxyl groups excluding tert-OH is 1. The van der Waals surface area contributed by atoms with Gasteiger partial charge in [-0.2, -0.15) is 0 Å². The van der Waals surface area contributed by atoms with E-state index in [0.717, 1.165) is 6.21 Å². The molecule has 0 unspecified atom stereocenters. The Morgan fingerprint density at radius 1 is 1.62 bits per heavy atom. The average Bonchev–Trinajstić information content (AvgIpc) is 1.65. The summed E-state index contributed by atoms with van der Waals surface area (Å²) >= 11 is 0. The Kier molecular flexibility index (Phi) is 2.69. The zero-order valence-electron chi connectivity index (χ0n) is 5.05. The first-order chi connectivity index (χ1) is 3.66. The number of nitrogens with one attached hydrogen (secondary N) is 1. The fourth-order valence-corrected chi connectivity index (χ4v) is 0.302. The summed E-state index contributed by atoms with van der Waals surface area (Å²) in [5.41, 5.74) is 0. The number of hydrogen-bond acceptors (Lipinski definition) is 3. The fourth-order valence-electron chi connectivity index (χ4n) is 0.302. The van der Waals surface area contributed by atoms with Crippen LogP contribution in [0.4, 0.5) is 0 Å². The summed E-state index contributed by atoms with van der Waals surface area (Å²) in [5, 5.41) is 15.1. The number of aliphatic hydroxyl groups is 1. The van der Waals surface area contributed by atoms with Crippen LogP contribution in [0.5, 0.6) is 0 Å². The van der Waals surface area contributed by atoms with Gasteiger partial charge in [0.1, 0.15) is 5.76 Å². The standard InChI is InChI=1S/C5H10N2O/c1-7(2)4-5(8)3-6/h3-4,6,8H,1-2H3/b5-4+,6-3?. The zero-order valence-corrected chi connectivity index (χ0v) is 5.05. The Hall–Kier alpha value is -0.990.